The van der Waals surface area contributed by atoms with E-state index >= 15 is 0 Å². The van der Waals surface area contributed by atoms with Crippen molar-refractivity contribution in [3.05, 3.63) is 35.6 Å². The van der Waals surface area contributed by atoms with Gasteiger partial charge in [-0.25, -0.2) is 9.97 Å². The van der Waals surface area contributed by atoms with Crippen LogP contribution < -0.4 is 5.32 Å². The molecule has 1 unspecified atom stereocenters. The standard InChI is InChI=1S/C13H16N4O2/c1-8-5-17-6-10(3-4-11(17)15-8)16-13(18)12-9(2)19-7-14-12/h5,7,10H,3-4,6H2,1-2H3,(H,16,18). The fraction of sp³-hybridized carbons (Fsp3) is 0.462. The Balaban J connectivity index is 1.69. The van der Waals surface area contributed by atoms with Gasteiger partial charge in [0.15, 0.2) is 12.1 Å². The van der Waals surface area contributed by atoms with Crippen LogP contribution in [0.5, 0.6) is 0 Å². The first-order chi connectivity index (χ1) is 9.13. The van der Waals surface area contributed by atoms with Crippen molar-refractivity contribution in [2.24, 2.45) is 0 Å². The van der Waals surface area contributed by atoms with Crippen molar-refractivity contribution in [2.75, 3.05) is 0 Å². The van der Waals surface area contributed by atoms with Gasteiger partial charge in [0.1, 0.15) is 11.6 Å². The molecule has 0 aromatic carbocycles. The van der Waals surface area contributed by atoms with Crippen LogP contribution in [0.25, 0.3) is 0 Å². The molecule has 100 valence electrons. The molecule has 2 aromatic rings. The Hall–Kier alpha value is -2.11. The molecule has 1 N–H and O–H groups in total. The summed E-state index contributed by atoms with van der Waals surface area (Å²) < 4.78 is 7.16. The molecule has 3 rings (SSSR count). The number of hydrogen-bond donors (Lipinski definition) is 1. The van der Waals surface area contributed by atoms with Crippen molar-refractivity contribution in [3.8, 4) is 0 Å². The number of fused-ring (bicyclic) bond motifs is 1. The summed E-state index contributed by atoms with van der Waals surface area (Å²) in [6.45, 7) is 4.48. The van der Waals surface area contributed by atoms with Crippen LogP contribution in [0, 0.1) is 13.8 Å². The van der Waals surface area contributed by atoms with Gasteiger partial charge in [-0.2, -0.15) is 0 Å². The molecule has 0 radical (unpaired) electrons. The summed E-state index contributed by atoms with van der Waals surface area (Å²) >= 11 is 0. The Kier molecular flexibility index (Phi) is 2.85. The van der Waals surface area contributed by atoms with Crippen LogP contribution in [0.15, 0.2) is 17.0 Å². The second kappa shape index (κ2) is 4.53. The Morgan fingerprint density at radius 1 is 1.53 bits per heavy atom. The van der Waals surface area contributed by atoms with Gasteiger partial charge >= 0.3 is 0 Å². The molecule has 19 heavy (non-hydrogen) atoms. The van der Waals surface area contributed by atoms with E-state index in [0.29, 0.717) is 11.5 Å². The second-order valence-electron chi connectivity index (χ2n) is 4.92. The maximum absolute atomic E-state index is 12.1. The zero-order valence-electron chi connectivity index (χ0n) is 11.0. The molecule has 0 bridgehead atoms. The number of aromatic nitrogens is 3. The van der Waals surface area contributed by atoms with E-state index in [4.69, 9.17) is 4.42 Å². The van der Waals surface area contributed by atoms with Gasteiger partial charge in [0, 0.05) is 25.2 Å². The minimum absolute atomic E-state index is 0.115. The fourth-order valence-electron chi connectivity index (χ4n) is 2.48. The molecule has 0 saturated carbocycles. The van der Waals surface area contributed by atoms with Crippen molar-refractivity contribution in [1.82, 2.24) is 19.9 Å². The van der Waals surface area contributed by atoms with E-state index in [1.54, 1.807) is 6.92 Å². The number of carbonyl (C=O) groups excluding carboxylic acids is 1. The average molecular weight is 260 g/mol. The third-order valence-corrected chi connectivity index (χ3v) is 3.41. The highest BCUT2D eigenvalue weighted by Gasteiger charge is 2.23. The monoisotopic (exact) mass is 260 g/mol. The van der Waals surface area contributed by atoms with Crippen molar-refractivity contribution >= 4 is 5.91 Å². The van der Waals surface area contributed by atoms with Gasteiger partial charge in [0.25, 0.3) is 5.91 Å². The zero-order chi connectivity index (χ0) is 13.4. The molecule has 0 aliphatic carbocycles. The fourth-order valence-corrected chi connectivity index (χ4v) is 2.48. The normalized spacial score (nSPS) is 18.1. The molecule has 1 aliphatic heterocycles. The first-order valence-corrected chi connectivity index (χ1v) is 6.37. The summed E-state index contributed by atoms with van der Waals surface area (Å²) in [6.07, 6.45) is 5.10. The highest BCUT2D eigenvalue weighted by atomic mass is 16.3. The highest BCUT2D eigenvalue weighted by molar-refractivity contribution is 5.93. The first kappa shape index (κ1) is 12.0. The molecule has 2 aromatic heterocycles. The Labute approximate surface area is 110 Å². The number of imidazole rings is 1. The minimum Gasteiger partial charge on any atom is -0.448 e. The van der Waals surface area contributed by atoms with E-state index in [0.717, 1.165) is 30.9 Å². The topological polar surface area (TPSA) is 73.0 Å². The van der Waals surface area contributed by atoms with Gasteiger partial charge in [0.2, 0.25) is 0 Å². The number of aryl methyl sites for hydroxylation is 3. The summed E-state index contributed by atoms with van der Waals surface area (Å²) in [5.41, 5.74) is 1.39. The molecule has 0 spiro atoms. The lowest BCUT2D eigenvalue weighted by molar-refractivity contribution is 0.0921. The number of nitrogens with one attached hydrogen (secondary N) is 1. The first-order valence-electron chi connectivity index (χ1n) is 6.37. The Bertz CT molecular complexity index is 614. The van der Waals surface area contributed by atoms with E-state index in [1.165, 1.54) is 6.39 Å². The van der Waals surface area contributed by atoms with Gasteiger partial charge in [-0.15, -0.1) is 0 Å². The van der Waals surface area contributed by atoms with Crippen molar-refractivity contribution in [1.29, 1.82) is 0 Å². The van der Waals surface area contributed by atoms with E-state index in [1.807, 2.05) is 13.1 Å². The van der Waals surface area contributed by atoms with Crippen LogP contribution >= 0.6 is 0 Å². The van der Waals surface area contributed by atoms with E-state index < -0.39 is 0 Å². The van der Waals surface area contributed by atoms with Crippen LogP contribution in [0.4, 0.5) is 0 Å². The third kappa shape index (κ3) is 2.25. The number of rotatable bonds is 2. The molecular weight excluding hydrogens is 244 g/mol. The summed E-state index contributed by atoms with van der Waals surface area (Å²) in [7, 11) is 0. The van der Waals surface area contributed by atoms with Crippen molar-refractivity contribution in [3.63, 3.8) is 0 Å². The summed E-state index contributed by atoms with van der Waals surface area (Å²) in [5, 5.41) is 3.00. The van der Waals surface area contributed by atoms with Gasteiger partial charge in [-0.3, -0.25) is 4.79 Å². The molecule has 0 saturated heterocycles. The van der Waals surface area contributed by atoms with Crippen molar-refractivity contribution in [2.45, 2.75) is 39.3 Å². The lowest BCUT2D eigenvalue weighted by atomic mass is 10.1. The minimum atomic E-state index is -0.170. The van der Waals surface area contributed by atoms with Crippen LogP contribution in [0.2, 0.25) is 0 Å². The smallest absolute Gasteiger partial charge is 0.273 e. The lowest BCUT2D eigenvalue weighted by Gasteiger charge is -2.24. The molecule has 0 fully saturated rings. The Morgan fingerprint density at radius 2 is 2.37 bits per heavy atom. The molecule has 1 atom stereocenters. The number of hydrogen-bond acceptors (Lipinski definition) is 4. The number of carbonyl (C=O) groups is 1. The number of nitrogens with zero attached hydrogens (tertiary/aromatic N) is 3. The van der Waals surface area contributed by atoms with Gasteiger partial charge in [0.05, 0.1) is 5.69 Å². The van der Waals surface area contributed by atoms with Crippen LogP contribution in [0.1, 0.15) is 34.2 Å². The summed E-state index contributed by atoms with van der Waals surface area (Å²) in [6, 6.07) is 0.115. The molecule has 6 heteroatoms. The van der Waals surface area contributed by atoms with Gasteiger partial charge in [-0.05, 0) is 20.3 Å². The molecule has 1 amide bonds. The van der Waals surface area contributed by atoms with E-state index in [-0.39, 0.29) is 11.9 Å². The van der Waals surface area contributed by atoms with E-state index in [9.17, 15) is 4.79 Å². The maximum atomic E-state index is 12.1. The molecule has 3 heterocycles. The second-order valence-corrected chi connectivity index (χ2v) is 4.92. The number of amides is 1. The lowest BCUT2D eigenvalue weighted by Crippen LogP contribution is -2.41. The predicted molar refractivity (Wildman–Crippen MR) is 67.8 cm³/mol. The van der Waals surface area contributed by atoms with E-state index in [2.05, 4.69) is 19.9 Å². The van der Waals surface area contributed by atoms with Crippen LogP contribution in [-0.4, -0.2) is 26.5 Å². The number of oxazole rings is 1. The van der Waals surface area contributed by atoms with Crippen LogP contribution in [0.3, 0.4) is 0 Å². The molecular formula is C13H16N4O2. The molecule has 1 aliphatic rings. The Morgan fingerprint density at radius 3 is 3.11 bits per heavy atom. The van der Waals surface area contributed by atoms with Gasteiger partial charge in [-0.1, -0.05) is 0 Å². The maximum Gasteiger partial charge on any atom is 0.273 e. The third-order valence-electron chi connectivity index (χ3n) is 3.41. The van der Waals surface area contributed by atoms with Crippen molar-refractivity contribution < 1.29 is 9.21 Å². The predicted octanol–water partition coefficient (Wildman–Crippen LogP) is 1.23. The highest BCUT2D eigenvalue weighted by Crippen LogP contribution is 2.15. The zero-order valence-corrected chi connectivity index (χ0v) is 11.0. The SMILES string of the molecule is Cc1cn2c(n1)CCC(NC(=O)c1ncoc1C)C2. The summed E-state index contributed by atoms with van der Waals surface area (Å²) in [4.78, 5) is 20.4. The quantitative estimate of drug-likeness (QED) is 0.881. The van der Waals surface area contributed by atoms with Crippen LogP contribution in [-0.2, 0) is 13.0 Å². The largest absolute Gasteiger partial charge is 0.448 e. The van der Waals surface area contributed by atoms with Gasteiger partial charge < -0.3 is 14.3 Å². The summed E-state index contributed by atoms with van der Waals surface area (Å²) in [5.74, 6) is 1.48. The average Bonchev–Trinajstić information content (AvgIpc) is 2.93. The molecule has 6 nitrogen and oxygen atoms in total.